The van der Waals surface area contributed by atoms with E-state index in [4.69, 9.17) is 0 Å². The Morgan fingerprint density at radius 2 is 2.32 bits per heavy atom. The van der Waals surface area contributed by atoms with E-state index in [0.29, 0.717) is 5.37 Å². The lowest BCUT2D eigenvalue weighted by atomic mass is 9.96. The minimum absolute atomic E-state index is 0.389. The molecule has 0 amide bonds. The molecule has 0 bridgehead atoms. The third kappa shape index (κ3) is 2.19. The molecule has 0 fully saturated rings. The summed E-state index contributed by atoms with van der Waals surface area (Å²) in [5.74, 6) is 0. The summed E-state index contributed by atoms with van der Waals surface area (Å²) in [6.45, 7) is 3.21. The number of fused-ring (bicyclic) bond motifs is 1. The molecule has 2 aliphatic rings. The molecule has 1 N–H and O–H groups in total. The molecule has 1 aromatic carbocycles. The molecule has 4 heteroatoms. The van der Waals surface area contributed by atoms with Crippen LogP contribution >= 0.6 is 11.8 Å². The lowest BCUT2D eigenvalue weighted by Gasteiger charge is -2.28. The Morgan fingerprint density at radius 3 is 3.00 bits per heavy atom. The third-order valence-electron chi connectivity index (χ3n) is 3.71. The van der Waals surface area contributed by atoms with Crippen LogP contribution in [0.1, 0.15) is 30.0 Å². The molecule has 0 saturated carbocycles. The summed E-state index contributed by atoms with van der Waals surface area (Å²) < 4.78 is 0. The highest BCUT2D eigenvalue weighted by atomic mass is 32.2. The molecular formula is C15H17N3S. The Labute approximate surface area is 118 Å². The summed E-state index contributed by atoms with van der Waals surface area (Å²) in [6, 6.07) is 6.61. The van der Waals surface area contributed by atoms with Crippen molar-refractivity contribution in [1.29, 1.82) is 5.26 Å². The zero-order chi connectivity index (χ0) is 13.4. The van der Waals surface area contributed by atoms with Crippen LogP contribution in [0, 0.1) is 11.3 Å². The standard InChI is InChI=1S/C15H17N3S/c1-10-17-9-15(19-10)13-6-11-4-3-5-18(2)14(11)7-12(13)8-16/h6-7,9-10,17H,3-5H2,1-2H3. The van der Waals surface area contributed by atoms with Crippen LogP contribution in [0.25, 0.3) is 4.91 Å². The number of thioether (sulfide) groups is 1. The van der Waals surface area contributed by atoms with Gasteiger partial charge < -0.3 is 10.2 Å². The highest BCUT2D eigenvalue weighted by Crippen LogP contribution is 2.39. The normalized spacial score (nSPS) is 21.4. The Hall–Kier alpha value is -1.60. The molecule has 0 spiro atoms. The number of benzene rings is 1. The lowest BCUT2D eigenvalue weighted by molar-refractivity contribution is 0.744. The zero-order valence-electron chi connectivity index (χ0n) is 11.2. The van der Waals surface area contributed by atoms with Crippen LogP contribution in [-0.2, 0) is 6.42 Å². The monoisotopic (exact) mass is 271 g/mol. The first-order valence-corrected chi connectivity index (χ1v) is 7.48. The van der Waals surface area contributed by atoms with Gasteiger partial charge in [-0.25, -0.2) is 0 Å². The van der Waals surface area contributed by atoms with Crippen molar-refractivity contribution >= 4 is 22.4 Å². The number of anilines is 1. The molecular weight excluding hydrogens is 254 g/mol. The van der Waals surface area contributed by atoms with Gasteiger partial charge in [0.2, 0.25) is 0 Å². The number of nitriles is 1. The predicted molar refractivity (Wildman–Crippen MR) is 80.9 cm³/mol. The molecule has 2 aliphatic heterocycles. The fraction of sp³-hybridized carbons (Fsp3) is 0.400. The second-order valence-electron chi connectivity index (χ2n) is 5.10. The predicted octanol–water partition coefficient (Wildman–Crippen LogP) is 2.92. The van der Waals surface area contributed by atoms with Crippen LogP contribution in [0.5, 0.6) is 0 Å². The summed E-state index contributed by atoms with van der Waals surface area (Å²) in [7, 11) is 2.10. The van der Waals surface area contributed by atoms with Crippen molar-refractivity contribution in [2.24, 2.45) is 0 Å². The number of hydrogen-bond donors (Lipinski definition) is 1. The molecule has 19 heavy (non-hydrogen) atoms. The molecule has 1 aromatic rings. The van der Waals surface area contributed by atoms with E-state index in [0.717, 1.165) is 24.1 Å². The van der Waals surface area contributed by atoms with Gasteiger partial charge in [-0.1, -0.05) is 11.8 Å². The van der Waals surface area contributed by atoms with Crippen molar-refractivity contribution in [1.82, 2.24) is 5.32 Å². The highest BCUT2D eigenvalue weighted by Gasteiger charge is 2.21. The second kappa shape index (κ2) is 4.82. The molecule has 2 heterocycles. The minimum Gasteiger partial charge on any atom is -0.378 e. The smallest absolute Gasteiger partial charge is 0.0999 e. The van der Waals surface area contributed by atoms with Crippen LogP contribution in [0.15, 0.2) is 18.3 Å². The van der Waals surface area contributed by atoms with Gasteiger partial charge in [-0.2, -0.15) is 5.26 Å². The molecule has 1 unspecified atom stereocenters. The zero-order valence-corrected chi connectivity index (χ0v) is 12.0. The largest absolute Gasteiger partial charge is 0.378 e. The lowest BCUT2D eigenvalue weighted by Crippen LogP contribution is -2.24. The fourth-order valence-electron chi connectivity index (χ4n) is 2.70. The van der Waals surface area contributed by atoms with Crippen molar-refractivity contribution in [3.05, 3.63) is 35.0 Å². The Balaban J connectivity index is 2.08. The van der Waals surface area contributed by atoms with Gasteiger partial charge in [0, 0.05) is 35.9 Å². The maximum absolute atomic E-state index is 9.41. The van der Waals surface area contributed by atoms with Gasteiger partial charge >= 0.3 is 0 Å². The molecule has 0 aromatic heterocycles. The van der Waals surface area contributed by atoms with Gasteiger partial charge in [0.25, 0.3) is 0 Å². The Morgan fingerprint density at radius 1 is 1.47 bits per heavy atom. The summed E-state index contributed by atoms with van der Waals surface area (Å²) in [6.07, 6.45) is 4.33. The van der Waals surface area contributed by atoms with E-state index in [1.165, 1.54) is 22.6 Å². The number of aryl methyl sites for hydroxylation is 1. The molecule has 0 saturated heterocycles. The van der Waals surface area contributed by atoms with E-state index in [1.807, 2.05) is 12.3 Å². The van der Waals surface area contributed by atoms with Crippen LogP contribution in [-0.4, -0.2) is 19.0 Å². The topological polar surface area (TPSA) is 39.1 Å². The molecule has 0 radical (unpaired) electrons. The maximum atomic E-state index is 9.41. The number of hydrogen-bond acceptors (Lipinski definition) is 4. The van der Waals surface area contributed by atoms with E-state index < -0.39 is 0 Å². The molecule has 1 atom stereocenters. The number of nitrogens with zero attached hydrogens (tertiary/aromatic N) is 2. The average Bonchev–Trinajstić information content (AvgIpc) is 2.84. The summed E-state index contributed by atoms with van der Waals surface area (Å²) in [5, 5.41) is 13.1. The van der Waals surface area contributed by atoms with Crippen molar-refractivity contribution in [3.63, 3.8) is 0 Å². The quantitative estimate of drug-likeness (QED) is 0.852. The summed E-state index contributed by atoms with van der Waals surface area (Å²) in [4.78, 5) is 3.43. The van der Waals surface area contributed by atoms with Crippen molar-refractivity contribution in [2.75, 3.05) is 18.5 Å². The van der Waals surface area contributed by atoms with Crippen molar-refractivity contribution in [2.45, 2.75) is 25.1 Å². The van der Waals surface area contributed by atoms with E-state index in [1.54, 1.807) is 11.8 Å². The molecule has 98 valence electrons. The first-order valence-electron chi connectivity index (χ1n) is 6.60. The second-order valence-corrected chi connectivity index (χ2v) is 6.48. The number of rotatable bonds is 1. The van der Waals surface area contributed by atoms with Gasteiger partial charge in [0.1, 0.15) is 0 Å². The highest BCUT2D eigenvalue weighted by molar-refractivity contribution is 8.09. The minimum atomic E-state index is 0.389. The fourth-order valence-corrected chi connectivity index (χ4v) is 3.65. The maximum Gasteiger partial charge on any atom is 0.0999 e. The van der Waals surface area contributed by atoms with E-state index >= 15 is 0 Å². The van der Waals surface area contributed by atoms with Crippen LogP contribution in [0.3, 0.4) is 0 Å². The van der Waals surface area contributed by atoms with Gasteiger partial charge in [0.05, 0.1) is 17.0 Å². The van der Waals surface area contributed by atoms with Gasteiger partial charge in [-0.3, -0.25) is 0 Å². The first kappa shape index (κ1) is 12.4. The Kier molecular flexibility index (Phi) is 3.16. The number of nitrogens with one attached hydrogen (secondary N) is 1. The molecule has 3 nitrogen and oxygen atoms in total. The summed E-state index contributed by atoms with van der Waals surface area (Å²) >= 11 is 1.78. The SMILES string of the molecule is CC1NC=C(c2cc3c(cc2C#N)N(C)CCC3)S1. The van der Waals surface area contributed by atoms with Gasteiger partial charge in [-0.05, 0) is 37.5 Å². The molecule has 3 rings (SSSR count). The van der Waals surface area contributed by atoms with Crippen LogP contribution in [0.4, 0.5) is 5.69 Å². The van der Waals surface area contributed by atoms with E-state index in [2.05, 4.69) is 36.3 Å². The van der Waals surface area contributed by atoms with Gasteiger partial charge in [-0.15, -0.1) is 0 Å². The Bertz CT molecular complexity index is 586. The first-order chi connectivity index (χ1) is 9.19. The van der Waals surface area contributed by atoms with Crippen molar-refractivity contribution < 1.29 is 0 Å². The average molecular weight is 271 g/mol. The van der Waals surface area contributed by atoms with Crippen LogP contribution < -0.4 is 10.2 Å². The van der Waals surface area contributed by atoms with E-state index in [9.17, 15) is 5.26 Å². The van der Waals surface area contributed by atoms with E-state index in [-0.39, 0.29) is 0 Å². The molecule has 0 aliphatic carbocycles. The van der Waals surface area contributed by atoms with Crippen LogP contribution in [0.2, 0.25) is 0 Å². The summed E-state index contributed by atoms with van der Waals surface area (Å²) in [5.41, 5.74) is 4.44. The van der Waals surface area contributed by atoms with Crippen molar-refractivity contribution in [3.8, 4) is 6.07 Å². The third-order valence-corrected chi connectivity index (χ3v) is 4.79. The van der Waals surface area contributed by atoms with Gasteiger partial charge in [0.15, 0.2) is 0 Å².